The van der Waals surface area contributed by atoms with Crippen LogP contribution in [0.25, 0.3) is 10.9 Å². The van der Waals surface area contributed by atoms with Crippen LogP contribution in [-0.4, -0.2) is 18.1 Å². The Kier molecular flexibility index (Phi) is 3.28. The number of aromatic nitrogens is 1. The monoisotopic (exact) mass is 256 g/mol. The van der Waals surface area contributed by atoms with Gasteiger partial charge in [0.25, 0.3) is 0 Å². The van der Waals surface area contributed by atoms with E-state index in [1.165, 1.54) is 36.6 Å². The molecule has 3 rings (SSSR count). The molecule has 1 N–H and O–H groups in total. The van der Waals surface area contributed by atoms with Crippen LogP contribution < -0.4 is 10.1 Å². The topological polar surface area (TPSA) is 34.1 Å². The highest BCUT2D eigenvalue weighted by atomic mass is 16.5. The van der Waals surface area contributed by atoms with Gasteiger partial charge in [0, 0.05) is 17.5 Å². The number of rotatable bonds is 3. The third-order valence-corrected chi connectivity index (χ3v) is 3.93. The zero-order valence-corrected chi connectivity index (χ0v) is 11.6. The SMILES string of the molecule is COc1ccc2c(C)cc(NC3CCCC3)nc2c1. The second kappa shape index (κ2) is 5.08. The van der Waals surface area contributed by atoms with E-state index in [0.29, 0.717) is 6.04 Å². The zero-order chi connectivity index (χ0) is 13.2. The molecule has 19 heavy (non-hydrogen) atoms. The quantitative estimate of drug-likeness (QED) is 0.904. The zero-order valence-electron chi connectivity index (χ0n) is 11.6. The van der Waals surface area contributed by atoms with E-state index in [4.69, 9.17) is 9.72 Å². The van der Waals surface area contributed by atoms with Crippen LogP contribution in [0.3, 0.4) is 0 Å². The number of hydrogen-bond donors (Lipinski definition) is 1. The lowest BCUT2D eigenvalue weighted by atomic mass is 10.1. The maximum atomic E-state index is 5.28. The third-order valence-electron chi connectivity index (χ3n) is 3.93. The fraction of sp³-hybridized carbons (Fsp3) is 0.438. The number of aryl methyl sites for hydroxylation is 1. The molecule has 1 saturated carbocycles. The Labute approximate surface area is 114 Å². The molecule has 0 aliphatic heterocycles. The summed E-state index contributed by atoms with van der Waals surface area (Å²) in [5.74, 6) is 1.85. The molecule has 1 aliphatic rings. The number of nitrogens with one attached hydrogen (secondary N) is 1. The van der Waals surface area contributed by atoms with Crippen molar-refractivity contribution in [2.24, 2.45) is 0 Å². The van der Waals surface area contributed by atoms with Crippen molar-refractivity contribution in [1.82, 2.24) is 4.98 Å². The lowest BCUT2D eigenvalue weighted by molar-refractivity contribution is 0.415. The minimum atomic E-state index is 0.593. The first-order valence-electron chi connectivity index (χ1n) is 6.98. The molecule has 100 valence electrons. The second-order valence-corrected chi connectivity index (χ2v) is 5.33. The number of hydrogen-bond acceptors (Lipinski definition) is 3. The number of ether oxygens (including phenoxy) is 1. The van der Waals surface area contributed by atoms with E-state index in [-0.39, 0.29) is 0 Å². The van der Waals surface area contributed by atoms with Crippen LogP contribution in [0.5, 0.6) is 5.75 Å². The Morgan fingerprint density at radius 1 is 1.21 bits per heavy atom. The van der Waals surface area contributed by atoms with Gasteiger partial charge in [0.1, 0.15) is 11.6 Å². The summed E-state index contributed by atoms with van der Waals surface area (Å²) in [6.45, 7) is 2.14. The summed E-state index contributed by atoms with van der Waals surface area (Å²) in [5, 5.41) is 4.75. The second-order valence-electron chi connectivity index (χ2n) is 5.33. The van der Waals surface area contributed by atoms with E-state index in [2.05, 4.69) is 24.4 Å². The van der Waals surface area contributed by atoms with Gasteiger partial charge in [-0.25, -0.2) is 4.98 Å². The van der Waals surface area contributed by atoms with Crippen molar-refractivity contribution in [3.63, 3.8) is 0 Å². The van der Waals surface area contributed by atoms with E-state index in [9.17, 15) is 0 Å². The van der Waals surface area contributed by atoms with Crippen molar-refractivity contribution in [3.8, 4) is 5.75 Å². The highest BCUT2D eigenvalue weighted by Gasteiger charge is 2.15. The molecule has 2 aromatic rings. The van der Waals surface area contributed by atoms with Gasteiger partial charge in [-0.05, 0) is 43.5 Å². The predicted octanol–water partition coefficient (Wildman–Crippen LogP) is 3.91. The first kappa shape index (κ1) is 12.3. The summed E-state index contributed by atoms with van der Waals surface area (Å²) in [5.41, 5.74) is 2.26. The van der Waals surface area contributed by atoms with E-state index in [1.807, 2.05) is 12.1 Å². The number of benzene rings is 1. The lowest BCUT2D eigenvalue weighted by Crippen LogP contribution is -2.15. The highest BCUT2D eigenvalue weighted by Crippen LogP contribution is 2.26. The Balaban J connectivity index is 1.96. The van der Waals surface area contributed by atoms with Gasteiger partial charge >= 0.3 is 0 Å². The lowest BCUT2D eigenvalue weighted by Gasteiger charge is -2.14. The number of pyridine rings is 1. The number of fused-ring (bicyclic) bond motifs is 1. The maximum absolute atomic E-state index is 5.28. The fourth-order valence-electron chi connectivity index (χ4n) is 2.86. The minimum absolute atomic E-state index is 0.593. The van der Waals surface area contributed by atoms with Gasteiger partial charge in [-0.1, -0.05) is 12.8 Å². The molecule has 0 atom stereocenters. The van der Waals surface area contributed by atoms with Gasteiger partial charge in [0.2, 0.25) is 0 Å². The average molecular weight is 256 g/mol. The standard InChI is InChI=1S/C16H20N2O/c1-11-9-16(17-12-5-3-4-6-12)18-15-10-13(19-2)7-8-14(11)15/h7-10,12H,3-6H2,1-2H3,(H,17,18). The smallest absolute Gasteiger partial charge is 0.127 e. The summed E-state index contributed by atoms with van der Waals surface area (Å²) in [7, 11) is 1.69. The average Bonchev–Trinajstić information content (AvgIpc) is 2.91. The van der Waals surface area contributed by atoms with Gasteiger partial charge < -0.3 is 10.1 Å². The van der Waals surface area contributed by atoms with Gasteiger partial charge in [-0.3, -0.25) is 0 Å². The molecule has 1 fully saturated rings. The Morgan fingerprint density at radius 2 is 2.00 bits per heavy atom. The molecule has 1 aliphatic carbocycles. The van der Waals surface area contributed by atoms with Crippen LogP contribution in [0, 0.1) is 6.92 Å². The third kappa shape index (κ3) is 2.50. The van der Waals surface area contributed by atoms with Crippen molar-refractivity contribution < 1.29 is 4.74 Å². The van der Waals surface area contributed by atoms with Gasteiger partial charge in [-0.15, -0.1) is 0 Å². The van der Waals surface area contributed by atoms with Crippen molar-refractivity contribution >= 4 is 16.7 Å². The van der Waals surface area contributed by atoms with Crippen LogP contribution in [0.2, 0.25) is 0 Å². The molecule has 3 heteroatoms. The first-order chi connectivity index (χ1) is 9.26. The van der Waals surface area contributed by atoms with Crippen molar-refractivity contribution in [2.45, 2.75) is 38.6 Å². The fourth-order valence-corrected chi connectivity index (χ4v) is 2.86. The summed E-state index contributed by atoms with van der Waals surface area (Å²) in [4.78, 5) is 4.72. The largest absolute Gasteiger partial charge is 0.497 e. The summed E-state index contributed by atoms with van der Waals surface area (Å²) in [6.07, 6.45) is 5.18. The molecule has 0 spiro atoms. The van der Waals surface area contributed by atoms with Gasteiger partial charge in [0.05, 0.1) is 12.6 Å². The van der Waals surface area contributed by atoms with Crippen LogP contribution >= 0.6 is 0 Å². The molecule has 0 bridgehead atoms. The van der Waals surface area contributed by atoms with E-state index < -0.39 is 0 Å². The van der Waals surface area contributed by atoms with Crippen molar-refractivity contribution in [2.75, 3.05) is 12.4 Å². The molecule has 3 nitrogen and oxygen atoms in total. The number of methoxy groups -OCH3 is 1. The molecule has 1 aromatic carbocycles. The normalized spacial score (nSPS) is 15.9. The summed E-state index contributed by atoms with van der Waals surface area (Å²) in [6, 6.07) is 8.81. The molecular weight excluding hydrogens is 236 g/mol. The van der Waals surface area contributed by atoms with E-state index in [1.54, 1.807) is 7.11 Å². The van der Waals surface area contributed by atoms with Crippen LogP contribution in [0.4, 0.5) is 5.82 Å². The van der Waals surface area contributed by atoms with Crippen LogP contribution in [0.15, 0.2) is 24.3 Å². The van der Waals surface area contributed by atoms with Crippen LogP contribution in [-0.2, 0) is 0 Å². The van der Waals surface area contributed by atoms with Crippen molar-refractivity contribution in [3.05, 3.63) is 29.8 Å². The highest BCUT2D eigenvalue weighted by molar-refractivity contribution is 5.85. The Bertz CT molecular complexity index is 589. The maximum Gasteiger partial charge on any atom is 0.127 e. The summed E-state index contributed by atoms with van der Waals surface area (Å²) >= 11 is 0. The molecule has 1 aromatic heterocycles. The minimum Gasteiger partial charge on any atom is -0.497 e. The van der Waals surface area contributed by atoms with E-state index in [0.717, 1.165) is 17.1 Å². The summed E-state index contributed by atoms with van der Waals surface area (Å²) < 4.78 is 5.28. The molecular formula is C16H20N2O. The van der Waals surface area contributed by atoms with E-state index >= 15 is 0 Å². The van der Waals surface area contributed by atoms with Crippen LogP contribution in [0.1, 0.15) is 31.2 Å². The number of nitrogens with zero attached hydrogens (tertiary/aromatic N) is 1. The molecule has 0 unspecified atom stereocenters. The van der Waals surface area contributed by atoms with Gasteiger partial charge in [-0.2, -0.15) is 0 Å². The van der Waals surface area contributed by atoms with Gasteiger partial charge in [0.15, 0.2) is 0 Å². The predicted molar refractivity (Wildman–Crippen MR) is 78.9 cm³/mol. The molecule has 1 heterocycles. The molecule has 0 amide bonds. The first-order valence-corrected chi connectivity index (χ1v) is 6.98. The molecule has 0 saturated heterocycles. The number of anilines is 1. The Hall–Kier alpha value is -1.77. The van der Waals surface area contributed by atoms with Crippen molar-refractivity contribution in [1.29, 1.82) is 0 Å². The Morgan fingerprint density at radius 3 is 2.74 bits per heavy atom. The molecule has 0 radical (unpaired) electrons.